The SMILES string of the molecule is COc1c(CC(NC(=O)CCn2cccn2)B2OC3CC4CC(C4(C)C)C3(C)O2)cccc1C(=O)OC(C)(C)C. The van der Waals surface area contributed by atoms with Crippen LogP contribution in [-0.4, -0.2) is 59.1 Å². The van der Waals surface area contributed by atoms with E-state index in [1.165, 1.54) is 7.11 Å². The average molecular weight is 551 g/mol. The molecule has 2 bridgehead atoms. The third kappa shape index (κ3) is 5.40. The number of aryl methyl sites for hydroxylation is 1. The van der Waals surface area contributed by atoms with E-state index in [0.717, 1.165) is 18.4 Å². The molecule has 216 valence electrons. The van der Waals surface area contributed by atoms with Crippen LogP contribution >= 0.6 is 0 Å². The van der Waals surface area contributed by atoms with Gasteiger partial charge in [0.2, 0.25) is 5.91 Å². The minimum atomic E-state index is -0.644. The van der Waals surface area contributed by atoms with Gasteiger partial charge in [-0.1, -0.05) is 26.0 Å². The second-order valence-electron chi connectivity index (χ2n) is 13.2. The van der Waals surface area contributed by atoms with E-state index in [1.54, 1.807) is 16.9 Å². The Labute approximate surface area is 237 Å². The second-order valence-corrected chi connectivity index (χ2v) is 13.2. The highest BCUT2D eigenvalue weighted by molar-refractivity contribution is 6.48. The first-order chi connectivity index (χ1) is 18.8. The highest BCUT2D eigenvalue weighted by atomic mass is 16.7. The fourth-order valence-electron chi connectivity index (χ4n) is 6.93. The van der Waals surface area contributed by atoms with E-state index in [2.05, 4.69) is 31.2 Å². The molecule has 1 aliphatic heterocycles. The molecule has 6 rings (SSSR count). The Morgan fingerprint density at radius 2 is 2.00 bits per heavy atom. The highest BCUT2D eigenvalue weighted by Gasteiger charge is 2.68. The molecule has 2 aromatic rings. The third-order valence-electron chi connectivity index (χ3n) is 9.13. The molecule has 1 aromatic heterocycles. The standard InChI is InChI=1S/C30H42BN3O6/c1-28(2,3)38-27(36)21-11-8-10-19(26(21)37-7)16-24(33-25(35)12-15-34-14-9-13-32-34)31-39-23-18-20-17-22(29(20,4)5)30(23,6)40-31/h8-11,13-14,20,22-24H,12,15-18H2,1-7H3,(H,33,35). The molecule has 1 amide bonds. The number of carbonyl (C=O) groups excluding carboxylic acids is 2. The maximum Gasteiger partial charge on any atom is 0.482 e. The maximum absolute atomic E-state index is 13.2. The van der Waals surface area contributed by atoms with E-state index in [4.69, 9.17) is 18.8 Å². The zero-order chi connectivity index (χ0) is 28.9. The summed E-state index contributed by atoms with van der Waals surface area (Å²) in [5.41, 5.74) is 0.255. The Hall–Kier alpha value is -2.85. The van der Waals surface area contributed by atoms with Gasteiger partial charge in [0.25, 0.3) is 0 Å². The lowest BCUT2D eigenvalue weighted by atomic mass is 9.43. The summed E-state index contributed by atoms with van der Waals surface area (Å²) < 4.78 is 26.4. The van der Waals surface area contributed by atoms with Crippen molar-refractivity contribution >= 4 is 19.0 Å². The van der Waals surface area contributed by atoms with Gasteiger partial charge in [-0.2, -0.15) is 5.10 Å². The number of ether oxygens (including phenoxy) is 2. The van der Waals surface area contributed by atoms with Gasteiger partial charge in [0.1, 0.15) is 16.9 Å². The fraction of sp³-hybridized carbons (Fsp3) is 0.633. The van der Waals surface area contributed by atoms with Crippen LogP contribution < -0.4 is 10.1 Å². The van der Waals surface area contributed by atoms with Crippen molar-refractivity contribution in [2.75, 3.05) is 7.11 Å². The van der Waals surface area contributed by atoms with Crippen LogP contribution in [0.2, 0.25) is 0 Å². The zero-order valence-electron chi connectivity index (χ0n) is 24.7. The van der Waals surface area contributed by atoms with E-state index in [-0.39, 0.29) is 23.8 Å². The number of nitrogens with zero attached hydrogens (tertiary/aromatic N) is 2. The van der Waals surface area contributed by atoms with Gasteiger partial charge in [0.15, 0.2) is 0 Å². The van der Waals surface area contributed by atoms with Crippen LogP contribution in [0.5, 0.6) is 5.75 Å². The van der Waals surface area contributed by atoms with E-state index in [0.29, 0.717) is 36.1 Å². The number of hydrogen-bond acceptors (Lipinski definition) is 7. The van der Waals surface area contributed by atoms with Crippen molar-refractivity contribution < 1.29 is 28.4 Å². The van der Waals surface area contributed by atoms with Crippen molar-refractivity contribution in [2.24, 2.45) is 17.3 Å². The summed E-state index contributed by atoms with van der Waals surface area (Å²) in [6.45, 7) is 12.8. The predicted octanol–water partition coefficient (Wildman–Crippen LogP) is 4.23. The van der Waals surface area contributed by atoms with Crippen LogP contribution in [0, 0.1) is 17.3 Å². The molecule has 3 saturated carbocycles. The molecule has 4 aliphatic rings. The summed E-state index contributed by atoms with van der Waals surface area (Å²) in [5, 5.41) is 7.38. The molecule has 40 heavy (non-hydrogen) atoms. The first kappa shape index (κ1) is 28.7. The van der Waals surface area contributed by atoms with Gasteiger partial charge in [0.05, 0.1) is 24.8 Å². The molecule has 2 heterocycles. The Balaban J connectivity index is 1.39. The Morgan fingerprint density at radius 1 is 1.23 bits per heavy atom. The van der Waals surface area contributed by atoms with Crippen LogP contribution in [0.25, 0.3) is 0 Å². The molecule has 0 radical (unpaired) electrons. The summed E-state index contributed by atoms with van der Waals surface area (Å²) in [5.74, 6) is 0.369. The quantitative estimate of drug-likeness (QED) is 0.368. The van der Waals surface area contributed by atoms with Gasteiger partial charge < -0.3 is 24.1 Å². The Morgan fingerprint density at radius 3 is 2.65 bits per heavy atom. The highest BCUT2D eigenvalue weighted by Crippen LogP contribution is 2.65. The largest absolute Gasteiger partial charge is 0.496 e. The number of esters is 1. The minimum absolute atomic E-state index is 0.0206. The molecular formula is C30H42BN3O6. The number of rotatable bonds is 9. The van der Waals surface area contributed by atoms with Gasteiger partial charge in [0, 0.05) is 25.4 Å². The molecule has 10 heteroatoms. The fourth-order valence-corrected chi connectivity index (χ4v) is 6.93. The monoisotopic (exact) mass is 551 g/mol. The maximum atomic E-state index is 13.2. The second kappa shape index (κ2) is 10.5. The van der Waals surface area contributed by atoms with Crippen molar-refractivity contribution in [2.45, 2.75) is 97.0 Å². The summed E-state index contributed by atoms with van der Waals surface area (Å²) in [6.07, 6.45) is 6.22. The number of hydrogen-bond donors (Lipinski definition) is 1. The molecule has 4 fully saturated rings. The van der Waals surface area contributed by atoms with Gasteiger partial charge in [-0.15, -0.1) is 0 Å². The van der Waals surface area contributed by atoms with E-state index >= 15 is 0 Å². The van der Waals surface area contributed by atoms with Crippen LogP contribution in [-0.2, 0) is 31.8 Å². The summed E-state index contributed by atoms with van der Waals surface area (Å²) in [6, 6.07) is 7.24. The number of carbonyl (C=O) groups is 2. The van der Waals surface area contributed by atoms with Crippen molar-refractivity contribution in [1.29, 1.82) is 0 Å². The first-order valence-corrected chi connectivity index (χ1v) is 14.3. The summed E-state index contributed by atoms with van der Waals surface area (Å²) in [7, 11) is 0.909. The average Bonchev–Trinajstić information content (AvgIpc) is 3.52. The molecule has 1 aromatic carbocycles. The lowest BCUT2D eigenvalue weighted by Crippen LogP contribution is -2.65. The molecule has 5 atom stereocenters. The lowest BCUT2D eigenvalue weighted by Gasteiger charge is -2.64. The topological polar surface area (TPSA) is 101 Å². The molecule has 3 aliphatic carbocycles. The number of nitrogens with one attached hydrogen (secondary N) is 1. The van der Waals surface area contributed by atoms with Gasteiger partial charge in [-0.25, -0.2) is 4.79 Å². The van der Waals surface area contributed by atoms with Crippen LogP contribution in [0.1, 0.15) is 76.7 Å². The zero-order valence-corrected chi connectivity index (χ0v) is 24.7. The molecule has 1 N–H and O–H groups in total. The molecule has 0 spiro atoms. The van der Waals surface area contributed by atoms with Crippen molar-refractivity contribution in [3.63, 3.8) is 0 Å². The Bertz CT molecular complexity index is 1240. The molecular weight excluding hydrogens is 509 g/mol. The first-order valence-electron chi connectivity index (χ1n) is 14.3. The molecule has 5 unspecified atom stereocenters. The van der Waals surface area contributed by atoms with E-state index in [1.807, 2.05) is 45.2 Å². The van der Waals surface area contributed by atoms with E-state index < -0.39 is 30.2 Å². The summed E-state index contributed by atoms with van der Waals surface area (Å²) >= 11 is 0. The number of benzene rings is 1. The van der Waals surface area contributed by atoms with Crippen molar-refractivity contribution in [3.8, 4) is 5.75 Å². The van der Waals surface area contributed by atoms with Gasteiger partial charge in [-0.3, -0.25) is 9.48 Å². The van der Waals surface area contributed by atoms with Gasteiger partial charge in [-0.05, 0) is 81.9 Å². The lowest BCUT2D eigenvalue weighted by molar-refractivity contribution is -0.199. The van der Waals surface area contributed by atoms with Gasteiger partial charge >= 0.3 is 13.1 Å². The van der Waals surface area contributed by atoms with E-state index in [9.17, 15) is 9.59 Å². The minimum Gasteiger partial charge on any atom is -0.496 e. The molecule has 9 nitrogen and oxygen atoms in total. The van der Waals surface area contributed by atoms with Crippen molar-refractivity contribution in [1.82, 2.24) is 15.1 Å². The normalized spacial score (nSPS) is 27.4. The van der Waals surface area contributed by atoms with Crippen LogP contribution in [0.4, 0.5) is 0 Å². The summed E-state index contributed by atoms with van der Waals surface area (Å²) in [4.78, 5) is 26.2. The van der Waals surface area contributed by atoms with Crippen molar-refractivity contribution in [3.05, 3.63) is 47.8 Å². The van der Waals surface area contributed by atoms with Crippen LogP contribution in [0.3, 0.4) is 0 Å². The number of amides is 1. The number of para-hydroxylation sites is 1. The number of methoxy groups -OCH3 is 1. The molecule has 1 saturated heterocycles. The predicted molar refractivity (Wildman–Crippen MR) is 151 cm³/mol. The smallest absolute Gasteiger partial charge is 0.482 e. The van der Waals surface area contributed by atoms with Crippen LogP contribution in [0.15, 0.2) is 36.7 Å². The third-order valence-corrected chi connectivity index (χ3v) is 9.13. The Kier molecular flexibility index (Phi) is 7.55. The number of aromatic nitrogens is 2.